The van der Waals surface area contributed by atoms with Crippen molar-refractivity contribution in [2.24, 2.45) is 5.73 Å². The maximum atomic E-state index is 11.9. The quantitative estimate of drug-likeness (QED) is 0.744. The first kappa shape index (κ1) is 12.8. The molecule has 2 rings (SSSR count). The van der Waals surface area contributed by atoms with Crippen LogP contribution in [0.5, 0.6) is 0 Å². The highest BCUT2D eigenvalue weighted by Gasteiger charge is 2.38. The average molecular weight is 260 g/mol. The number of amides is 1. The van der Waals surface area contributed by atoms with Gasteiger partial charge in [0, 0.05) is 6.54 Å². The minimum Gasteiger partial charge on any atom is -0.353 e. The molecule has 1 saturated heterocycles. The van der Waals surface area contributed by atoms with Gasteiger partial charge in [0.05, 0.1) is 16.5 Å². The van der Waals surface area contributed by atoms with Gasteiger partial charge < -0.3 is 11.1 Å². The average Bonchev–Trinajstić information content (AvgIpc) is 2.82. The summed E-state index contributed by atoms with van der Waals surface area (Å²) in [5.74, 6) is 0.0681. The monoisotopic (exact) mass is 260 g/mol. The van der Waals surface area contributed by atoms with Crippen molar-refractivity contribution in [1.29, 1.82) is 0 Å². The molecule has 1 aliphatic carbocycles. The summed E-state index contributed by atoms with van der Waals surface area (Å²) in [5, 5.41) is 2.31. The van der Waals surface area contributed by atoms with E-state index in [-0.39, 0.29) is 18.2 Å². The van der Waals surface area contributed by atoms with E-state index in [0.717, 1.165) is 12.8 Å². The van der Waals surface area contributed by atoms with E-state index in [2.05, 4.69) is 5.32 Å². The topological polar surface area (TPSA) is 89.3 Å². The van der Waals surface area contributed by atoms with E-state index in [9.17, 15) is 13.2 Å². The van der Waals surface area contributed by atoms with Gasteiger partial charge in [-0.2, -0.15) is 0 Å². The summed E-state index contributed by atoms with van der Waals surface area (Å²) in [7, 11) is -2.98. The Hall–Kier alpha value is -0.620. The van der Waals surface area contributed by atoms with Gasteiger partial charge in [0.2, 0.25) is 5.91 Å². The van der Waals surface area contributed by atoms with Gasteiger partial charge in [0.25, 0.3) is 0 Å². The van der Waals surface area contributed by atoms with Crippen LogP contribution in [-0.4, -0.2) is 37.4 Å². The molecule has 6 heteroatoms. The van der Waals surface area contributed by atoms with Crippen LogP contribution < -0.4 is 11.1 Å². The molecule has 2 fully saturated rings. The second-order valence-corrected chi connectivity index (χ2v) is 7.61. The fourth-order valence-electron chi connectivity index (χ4n) is 2.70. The third kappa shape index (κ3) is 2.63. The van der Waals surface area contributed by atoms with Crippen molar-refractivity contribution in [2.75, 3.05) is 12.3 Å². The third-order valence-corrected chi connectivity index (χ3v) is 6.18. The second kappa shape index (κ2) is 4.57. The van der Waals surface area contributed by atoms with E-state index in [1.165, 1.54) is 0 Å². The van der Waals surface area contributed by atoms with Crippen LogP contribution in [0.3, 0.4) is 0 Å². The van der Waals surface area contributed by atoms with Crippen LogP contribution in [0.1, 0.15) is 38.5 Å². The zero-order chi connectivity index (χ0) is 12.5. The molecular weight excluding hydrogens is 240 g/mol. The Labute approximate surface area is 102 Å². The van der Waals surface area contributed by atoms with Gasteiger partial charge in [-0.25, -0.2) is 8.42 Å². The lowest BCUT2D eigenvalue weighted by atomic mass is 9.98. The first-order chi connectivity index (χ1) is 7.94. The molecule has 3 N–H and O–H groups in total. The highest BCUT2D eigenvalue weighted by molar-refractivity contribution is 7.92. The summed E-state index contributed by atoms with van der Waals surface area (Å²) in [6, 6.07) is 0. The van der Waals surface area contributed by atoms with Crippen molar-refractivity contribution in [2.45, 2.75) is 49.3 Å². The molecule has 0 bridgehead atoms. The molecule has 0 radical (unpaired) electrons. The lowest BCUT2D eigenvalue weighted by Crippen LogP contribution is -2.53. The van der Waals surface area contributed by atoms with Crippen LogP contribution in [0, 0.1) is 0 Å². The molecule has 0 spiro atoms. The summed E-state index contributed by atoms with van der Waals surface area (Å²) < 4.78 is 23.2. The fourth-order valence-corrected chi connectivity index (χ4v) is 4.47. The van der Waals surface area contributed by atoms with E-state index in [1.54, 1.807) is 0 Å². The van der Waals surface area contributed by atoms with Crippen LogP contribution >= 0.6 is 0 Å². The van der Waals surface area contributed by atoms with Gasteiger partial charge in [-0.1, -0.05) is 12.8 Å². The maximum absolute atomic E-state index is 11.9. The summed E-state index contributed by atoms with van der Waals surface area (Å²) in [6.07, 6.45) is 4.72. The van der Waals surface area contributed by atoms with Crippen molar-refractivity contribution in [3.63, 3.8) is 0 Å². The van der Waals surface area contributed by atoms with Gasteiger partial charge in [-0.3, -0.25) is 4.79 Å². The molecule has 1 aliphatic heterocycles. The number of sulfone groups is 1. The highest BCUT2D eigenvalue weighted by atomic mass is 32.2. The van der Waals surface area contributed by atoms with Crippen molar-refractivity contribution < 1.29 is 13.2 Å². The zero-order valence-corrected chi connectivity index (χ0v) is 10.8. The van der Waals surface area contributed by atoms with Crippen LogP contribution in [0.2, 0.25) is 0 Å². The molecule has 5 nitrogen and oxygen atoms in total. The standard InChI is InChI=1S/C11H20N2O3S/c12-11(5-1-2-6-11)10(14)13-8-9-4-3-7-17(9,15)16/h9H,1-8,12H2,(H,13,14). The van der Waals surface area contributed by atoms with Crippen LogP contribution in [-0.2, 0) is 14.6 Å². The van der Waals surface area contributed by atoms with Crippen molar-refractivity contribution >= 4 is 15.7 Å². The number of carbonyl (C=O) groups is 1. The smallest absolute Gasteiger partial charge is 0.240 e. The molecule has 0 aromatic carbocycles. The summed E-state index contributed by atoms with van der Waals surface area (Å²) >= 11 is 0. The van der Waals surface area contributed by atoms with E-state index < -0.39 is 20.6 Å². The molecule has 1 atom stereocenters. The van der Waals surface area contributed by atoms with Gasteiger partial charge >= 0.3 is 0 Å². The van der Waals surface area contributed by atoms with Crippen LogP contribution in [0.25, 0.3) is 0 Å². The predicted molar refractivity (Wildman–Crippen MR) is 65.2 cm³/mol. The molecule has 0 aromatic rings. The Bertz CT molecular complexity index is 399. The van der Waals surface area contributed by atoms with Gasteiger partial charge in [0.1, 0.15) is 0 Å². The Kier molecular flexibility index (Phi) is 3.45. The molecule has 1 amide bonds. The molecule has 0 aromatic heterocycles. The minimum atomic E-state index is -2.98. The Morgan fingerprint density at radius 1 is 1.29 bits per heavy atom. The first-order valence-electron chi connectivity index (χ1n) is 6.23. The molecule has 1 heterocycles. The summed E-state index contributed by atoms with van der Waals surface area (Å²) in [4.78, 5) is 11.9. The molecule has 98 valence electrons. The number of rotatable bonds is 3. The number of hydrogen-bond acceptors (Lipinski definition) is 4. The molecule has 2 aliphatic rings. The number of hydrogen-bond donors (Lipinski definition) is 2. The Balaban J connectivity index is 1.88. The van der Waals surface area contributed by atoms with Crippen molar-refractivity contribution in [3.8, 4) is 0 Å². The minimum absolute atomic E-state index is 0.183. The number of carbonyl (C=O) groups excluding carboxylic acids is 1. The fraction of sp³-hybridized carbons (Fsp3) is 0.909. The molecule has 1 unspecified atom stereocenters. The van der Waals surface area contributed by atoms with Crippen LogP contribution in [0.4, 0.5) is 0 Å². The summed E-state index contributed by atoms with van der Waals surface area (Å²) in [5.41, 5.74) is 5.23. The zero-order valence-electron chi connectivity index (χ0n) is 9.94. The lowest BCUT2D eigenvalue weighted by Gasteiger charge is -2.23. The molecule has 1 saturated carbocycles. The second-order valence-electron chi connectivity index (χ2n) is 5.20. The van der Waals surface area contributed by atoms with E-state index in [4.69, 9.17) is 5.73 Å². The van der Waals surface area contributed by atoms with E-state index >= 15 is 0 Å². The van der Waals surface area contributed by atoms with E-state index in [1.807, 2.05) is 0 Å². The third-order valence-electron chi connectivity index (χ3n) is 3.90. The molecular formula is C11H20N2O3S. The predicted octanol–water partition coefficient (Wildman–Crippen LogP) is -0.0487. The SMILES string of the molecule is NC1(C(=O)NCC2CCCS2(=O)=O)CCCC1. The van der Waals surface area contributed by atoms with Gasteiger partial charge in [0.15, 0.2) is 9.84 Å². The first-order valence-corrected chi connectivity index (χ1v) is 7.94. The Morgan fingerprint density at radius 2 is 1.94 bits per heavy atom. The molecule has 17 heavy (non-hydrogen) atoms. The Morgan fingerprint density at radius 3 is 2.47 bits per heavy atom. The van der Waals surface area contributed by atoms with Gasteiger partial charge in [-0.15, -0.1) is 0 Å². The number of nitrogens with two attached hydrogens (primary N) is 1. The van der Waals surface area contributed by atoms with E-state index in [0.29, 0.717) is 25.7 Å². The largest absolute Gasteiger partial charge is 0.353 e. The maximum Gasteiger partial charge on any atom is 0.240 e. The van der Waals surface area contributed by atoms with Crippen LogP contribution in [0.15, 0.2) is 0 Å². The normalized spacial score (nSPS) is 30.3. The highest BCUT2D eigenvalue weighted by Crippen LogP contribution is 2.27. The van der Waals surface area contributed by atoms with Crippen molar-refractivity contribution in [3.05, 3.63) is 0 Å². The number of nitrogens with one attached hydrogen (secondary N) is 1. The van der Waals surface area contributed by atoms with Crippen molar-refractivity contribution in [1.82, 2.24) is 5.32 Å². The summed E-state index contributed by atoms with van der Waals surface area (Å²) in [6.45, 7) is 0.222. The lowest BCUT2D eigenvalue weighted by molar-refractivity contribution is -0.126. The van der Waals surface area contributed by atoms with Gasteiger partial charge in [-0.05, 0) is 25.7 Å².